The van der Waals surface area contributed by atoms with E-state index in [-0.39, 0.29) is 0 Å². The van der Waals surface area contributed by atoms with Crippen LogP contribution in [0.3, 0.4) is 0 Å². The summed E-state index contributed by atoms with van der Waals surface area (Å²) in [6, 6.07) is 0. The van der Waals surface area contributed by atoms with Crippen molar-refractivity contribution in [3.8, 4) is 0 Å². The maximum atomic E-state index is 10.1. The third-order valence-electron chi connectivity index (χ3n) is 4.65. The van der Waals surface area contributed by atoms with Crippen LogP contribution in [0.15, 0.2) is 0 Å². The Morgan fingerprint density at radius 3 is 1.32 bits per heavy atom. The zero-order chi connectivity index (χ0) is 19.2. The van der Waals surface area contributed by atoms with Crippen LogP contribution < -0.4 is 0 Å². The Labute approximate surface area is 166 Å². The van der Waals surface area contributed by atoms with Crippen LogP contribution in [0.4, 0.5) is 0 Å². The molecule has 0 amide bonds. The number of carboxylic acids is 1. The molecule has 1 radical (unpaired) electrons. The summed E-state index contributed by atoms with van der Waals surface area (Å²) in [5, 5.41) is 8.35. The summed E-state index contributed by atoms with van der Waals surface area (Å²) in [6.45, 7) is 9.20. The molecule has 0 aliphatic rings. The van der Waals surface area contributed by atoms with Gasteiger partial charge in [0.05, 0.1) is 0 Å². The number of aliphatic carboxylic acids is 1. The van der Waals surface area contributed by atoms with Crippen molar-refractivity contribution in [3.63, 3.8) is 0 Å². The normalized spacial score (nSPS) is 10.6. The molecule has 0 bridgehead atoms. The van der Waals surface area contributed by atoms with Gasteiger partial charge in [-0.3, -0.25) is 4.79 Å². The van der Waals surface area contributed by atoms with Crippen LogP contribution in [0.1, 0.15) is 118 Å². The van der Waals surface area contributed by atoms with Crippen molar-refractivity contribution in [1.29, 1.82) is 0 Å². The fraction of sp³-hybridized carbons (Fsp3) is 0.955. The number of hydrogen-bond donors (Lipinski definition) is 1. The van der Waals surface area contributed by atoms with Crippen LogP contribution in [0.25, 0.3) is 0 Å². The van der Waals surface area contributed by atoms with Gasteiger partial charge in [-0.25, -0.2) is 0 Å². The van der Waals surface area contributed by atoms with Gasteiger partial charge in [0.25, 0.3) is 0 Å². The monoisotopic (exact) mass is 463 g/mol. The zero-order valence-corrected chi connectivity index (χ0v) is 20.7. The van der Waals surface area contributed by atoms with E-state index in [9.17, 15) is 4.79 Å². The molecule has 0 aromatic carbocycles. The van der Waals surface area contributed by atoms with Gasteiger partial charge in [-0.1, -0.05) is 45.4 Å². The average molecular weight is 462 g/mol. The van der Waals surface area contributed by atoms with Crippen molar-refractivity contribution >= 4 is 25.7 Å². The van der Waals surface area contributed by atoms with E-state index in [0.717, 1.165) is 12.8 Å². The van der Waals surface area contributed by atoms with E-state index in [1.54, 1.807) is 13.3 Å². The van der Waals surface area contributed by atoms with Crippen molar-refractivity contribution in [3.05, 3.63) is 0 Å². The fourth-order valence-corrected chi connectivity index (χ4v) is 12.3. The molecule has 1 N–H and O–H groups in total. The van der Waals surface area contributed by atoms with E-state index in [4.69, 9.17) is 5.11 Å². The van der Waals surface area contributed by atoms with Crippen LogP contribution >= 0.6 is 0 Å². The van der Waals surface area contributed by atoms with Crippen LogP contribution in [0.5, 0.6) is 0 Å². The first kappa shape index (κ1) is 27.5. The van der Waals surface area contributed by atoms with Gasteiger partial charge in [0.1, 0.15) is 0 Å². The molecule has 0 saturated heterocycles. The standard InChI is InChI=1S/C10H20O2.3C4H9.Sn/c1-2-3-4-5-6-7-8-9-10(11)12;3*1-3-4-2;/h2-9H2,1H3,(H,11,12);3*1,3-4H2,2H3;. The van der Waals surface area contributed by atoms with Gasteiger partial charge in [0.15, 0.2) is 0 Å². The van der Waals surface area contributed by atoms with Gasteiger partial charge in [0, 0.05) is 6.42 Å². The molecule has 0 rings (SSSR count). The van der Waals surface area contributed by atoms with Crippen molar-refractivity contribution in [2.24, 2.45) is 0 Å². The number of rotatable bonds is 17. The van der Waals surface area contributed by atoms with E-state index in [1.165, 1.54) is 70.6 Å². The maximum absolute atomic E-state index is 10.1. The minimum absolute atomic E-state index is 0.341. The van der Waals surface area contributed by atoms with Gasteiger partial charge >= 0.3 is 98.3 Å². The van der Waals surface area contributed by atoms with E-state index in [1.807, 2.05) is 0 Å². The Bertz CT molecular complexity index is 237. The number of unbranched alkanes of at least 4 members (excludes halogenated alkanes) is 9. The molecule has 0 heterocycles. The SMILES string of the molecule is CCCCCCCCCC(=O)O.CCC[CH2][Sn]([CH2]CCC)[CH2]CCC. The molecular weight excluding hydrogens is 415 g/mol. The predicted octanol–water partition coefficient (Wildman–Crippen LogP) is 8.09. The quantitative estimate of drug-likeness (QED) is 0.175. The van der Waals surface area contributed by atoms with Crippen LogP contribution in [0.2, 0.25) is 13.3 Å². The Hall–Kier alpha value is 0.269. The summed E-state index contributed by atoms with van der Waals surface area (Å²) in [5.74, 6) is -0.663. The molecule has 3 heteroatoms. The molecule has 0 aromatic heterocycles. The van der Waals surface area contributed by atoms with Gasteiger partial charge in [-0.05, 0) is 6.42 Å². The Morgan fingerprint density at radius 2 is 0.960 bits per heavy atom. The summed E-state index contributed by atoms with van der Waals surface area (Å²) in [6.07, 6.45) is 17.5. The van der Waals surface area contributed by atoms with Crippen molar-refractivity contribution in [1.82, 2.24) is 0 Å². The molecule has 0 spiro atoms. The molecule has 0 saturated carbocycles. The molecule has 0 aliphatic heterocycles. The third-order valence-corrected chi connectivity index (χ3v) is 13.7. The summed E-state index contributed by atoms with van der Waals surface area (Å²) < 4.78 is 5.04. The van der Waals surface area contributed by atoms with Crippen LogP contribution in [-0.4, -0.2) is 30.8 Å². The van der Waals surface area contributed by atoms with Gasteiger partial charge in [0.2, 0.25) is 0 Å². The molecule has 0 unspecified atom stereocenters. The Kier molecular flexibility index (Phi) is 26.7. The minimum atomic E-state index is -0.839. The first-order valence-electron chi connectivity index (χ1n) is 11.2. The van der Waals surface area contributed by atoms with E-state index in [2.05, 4.69) is 27.7 Å². The number of carboxylic acid groups (broad SMARTS) is 1. The van der Waals surface area contributed by atoms with Gasteiger partial charge in [-0.2, -0.15) is 0 Å². The Morgan fingerprint density at radius 1 is 0.600 bits per heavy atom. The Balaban J connectivity index is 0. The van der Waals surface area contributed by atoms with Crippen molar-refractivity contribution < 1.29 is 9.90 Å². The predicted molar refractivity (Wildman–Crippen MR) is 115 cm³/mol. The number of carbonyl (C=O) groups is 1. The van der Waals surface area contributed by atoms with E-state index >= 15 is 0 Å². The summed E-state index contributed by atoms with van der Waals surface area (Å²) >= 11 is -0.839. The van der Waals surface area contributed by atoms with Crippen LogP contribution in [-0.2, 0) is 4.79 Å². The third kappa shape index (κ3) is 26.6. The molecule has 0 fully saturated rings. The zero-order valence-electron chi connectivity index (χ0n) is 17.9. The van der Waals surface area contributed by atoms with E-state index in [0.29, 0.717) is 6.42 Å². The molecule has 25 heavy (non-hydrogen) atoms. The second-order valence-corrected chi connectivity index (χ2v) is 15.9. The first-order valence-corrected chi connectivity index (χ1v) is 17.2. The second-order valence-electron chi connectivity index (χ2n) is 7.33. The van der Waals surface area contributed by atoms with Crippen molar-refractivity contribution in [2.75, 3.05) is 0 Å². The van der Waals surface area contributed by atoms with Gasteiger partial charge in [-0.15, -0.1) is 0 Å². The summed E-state index contributed by atoms with van der Waals surface area (Å²) in [7, 11) is 0. The summed E-state index contributed by atoms with van der Waals surface area (Å²) in [4.78, 5) is 10.1. The van der Waals surface area contributed by atoms with Crippen LogP contribution in [0, 0.1) is 0 Å². The average Bonchev–Trinajstić information content (AvgIpc) is 2.60. The summed E-state index contributed by atoms with van der Waals surface area (Å²) in [5.41, 5.74) is 0. The van der Waals surface area contributed by atoms with Crippen molar-refractivity contribution in [2.45, 2.75) is 131 Å². The first-order chi connectivity index (χ1) is 12.1. The molecule has 0 aromatic rings. The number of hydrogen-bond acceptors (Lipinski definition) is 1. The molecule has 0 aliphatic carbocycles. The molecule has 151 valence electrons. The van der Waals surface area contributed by atoms with Gasteiger partial charge < -0.3 is 5.11 Å². The molecule has 0 atom stereocenters. The topological polar surface area (TPSA) is 37.3 Å². The second kappa shape index (κ2) is 24.3. The molecular formula is C22H47O2Sn. The van der Waals surface area contributed by atoms with E-state index < -0.39 is 25.7 Å². The molecule has 2 nitrogen and oxygen atoms in total. The fourth-order valence-electron chi connectivity index (χ4n) is 2.89.